The molecule has 206 valence electrons. The highest BCUT2D eigenvalue weighted by Crippen LogP contribution is 2.26. The van der Waals surface area contributed by atoms with Gasteiger partial charge in [0.05, 0.1) is 32.6 Å². The van der Waals surface area contributed by atoms with Crippen LogP contribution in [0.2, 0.25) is 0 Å². The van der Waals surface area contributed by atoms with Crippen LogP contribution in [0.4, 0.5) is 5.82 Å². The molecule has 0 aromatic carbocycles. The zero-order valence-corrected chi connectivity index (χ0v) is 23.1. The summed E-state index contributed by atoms with van der Waals surface area (Å²) in [6.07, 6.45) is 15.4. The highest BCUT2D eigenvalue weighted by atomic mass is 16.5. The first-order chi connectivity index (χ1) is 18.8. The Labute approximate surface area is 226 Å². The maximum absolute atomic E-state index is 5.99. The Morgan fingerprint density at radius 1 is 0.974 bits per heavy atom. The number of aromatic nitrogens is 4. The number of fused-ring (bicyclic) bond motifs is 1. The predicted molar refractivity (Wildman–Crippen MR) is 152 cm³/mol. The third-order valence-corrected chi connectivity index (χ3v) is 5.81. The molecule has 0 unspecified atom stereocenters. The number of anilines is 1. The number of nitrogens with one attached hydrogen (secondary N) is 1. The quantitative estimate of drug-likeness (QED) is 0.468. The van der Waals surface area contributed by atoms with Crippen molar-refractivity contribution < 1.29 is 14.2 Å². The number of morpholine rings is 2. The Hall–Kier alpha value is -3.34. The molecule has 2 aromatic rings. The third kappa shape index (κ3) is 8.61. The van der Waals surface area contributed by atoms with Gasteiger partial charge in [-0.2, -0.15) is 9.97 Å². The first kappa shape index (κ1) is 29.2. The SMILES string of the molecule is CC.C\C=C/C=C\C=C\C(=C/NC)c1ncc2nc(OCCN3CCOCC3)nc(N3CCOCC3)c2n1. The van der Waals surface area contributed by atoms with Gasteiger partial charge in [0, 0.05) is 51.5 Å². The first-order valence-electron chi connectivity index (χ1n) is 13.4. The fourth-order valence-corrected chi connectivity index (χ4v) is 3.92. The van der Waals surface area contributed by atoms with Crippen LogP contribution in [0.3, 0.4) is 0 Å². The van der Waals surface area contributed by atoms with Crippen LogP contribution in [0.25, 0.3) is 16.6 Å². The van der Waals surface area contributed by atoms with Crippen LogP contribution >= 0.6 is 0 Å². The van der Waals surface area contributed by atoms with Crippen LogP contribution in [-0.4, -0.2) is 97.6 Å². The second-order valence-corrected chi connectivity index (χ2v) is 8.32. The van der Waals surface area contributed by atoms with E-state index in [-0.39, 0.29) is 0 Å². The Balaban J connectivity index is 0.00000195. The molecule has 4 rings (SSSR count). The Kier molecular flexibility index (Phi) is 12.7. The second kappa shape index (κ2) is 16.5. The molecule has 1 N–H and O–H groups in total. The van der Waals surface area contributed by atoms with Crippen molar-refractivity contribution in [2.24, 2.45) is 0 Å². The summed E-state index contributed by atoms with van der Waals surface area (Å²) in [5.41, 5.74) is 2.20. The van der Waals surface area contributed by atoms with E-state index in [1.807, 2.05) is 70.5 Å². The molecule has 2 aliphatic heterocycles. The van der Waals surface area contributed by atoms with Gasteiger partial charge in [0.25, 0.3) is 0 Å². The molecule has 2 aromatic heterocycles. The smallest absolute Gasteiger partial charge is 0.319 e. The maximum Gasteiger partial charge on any atom is 0.319 e. The van der Waals surface area contributed by atoms with Crippen LogP contribution in [0.5, 0.6) is 6.01 Å². The van der Waals surface area contributed by atoms with E-state index >= 15 is 0 Å². The molecular weight excluding hydrogens is 482 g/mol. The van der Waals surface area contributed by atoms with Crippen LogP contribution in [0.1, 0.15) is 26.6 Å². The summed E-state index contributed by atoms with van der Waals surface area (Å²) in [6.45, 7) is 13.4. The van der Waals surface area contributed by atoms with Crippen molar-refractivity contribution in [1.29, 1.82) is 0 Å². The third-order valence-electron chi connectivity index (χ3n) is 5.81. The van der Waals surface area contributed by atoms with Gasteiger partial charge in [0.2, 0.25) is 0 Å². The van der Waals surface area contributed by atoms with Gasteiger partial charge in [0.1, 0.15) is 17.6 Å². The van der Waals surface area contributed by atoms with Gasteiger partial charge in [-0.05, 0) is 13.0 Å². The largest absolute Gasteiger partial charge is 0.462 e. The van der Waals surface area contributed by atoms with Crippen molar-refractivity contribution in [1.82, 2.24) is 30.2 Å². The highest BCUT2D eigenvalue weighted by molar-refractivity contribution is 5.87. The summed E-state index contributed by atoms with van der Waals surface area (Å²) in [5.74, 6) is 1.33. The molecule has 0 amide bonds. The van der Waals surface area contributed by atoms with Gasteiger partial charge in [-0.1, -0.05) is 44.2 Å². The Bertz CT molecular complexity index is 1110. The lowest BCUT2D eigenvalue weighted by Crippen LogP contribution is -2.39. The summed E-state index contributed by atoms with van der Waals surface area (Å²) < 4.78 is 17.0. The molecule has 2 saturated heterocycles. The van der Waals surface area contributed by atoms with Crippen LogP contribution in [-0.2, 0) is 9.47 Å². The number of nitrogens with zero attached hydrogens (tertiary/aromatic N) is 6. The van der Waals surface area contributed by atoms with Gasteiger partial charge in [0.15, 0.2) is 11.6 Å². The Morgan fingerprint density at radius 2 is 1.68 bits per heavy atom. The van der Waals surface area contributed by atoms with Gasteiger partial charge >= 0.3 is 6.01 Å². The Morgan fingerprint density at radius 3 is 2.39 bits per heavy atom. The summed E-state index contributed by atoms with van der Waals surface area (Å²) in [6, 6.07) is 0.341. The predicted octanol–water partition coefficient (Wildman–Crippen LogP) is 3.24. The minimum Gasteiger partial charge on any atom is -0.462 e. The topological polar surface area (TPSA) is 97.8 Å². The van der Waals surface area contributed by atoms with Crippen molar-refractivity contribution in [3.63, 3.8) is 0 Å². The minimum atomic E-state index is 0.341. The standard InChI is InChI=1S/C26H35N7O3.C2H6/c1-3-4-5-6-7-8-21(19-27-2)24-28-20-22-23(30-24)25(33-12-16-35-17-13-33)31-26(29-22)36-18-11-32-9-14-34-15-10-32;1-2/h3-8,19-20,27H,9-18H2,1-2H3;1-2H3/b4-3-,6-5-,8-7+,21-19+;. The van der Waals surface area contributed by atoms with E-state index < -0.39 is 0 Å². The molecule has 10 nitrogen and oxygen atoms in total. The van der Waals surface area contributed by atoms with Crippen molar-refractivity contribution in [3.8, 4) is 6.01 Å². The summed E-state index contributed by atoms with van der Waals surface area (Å²) >= 11 is 0. The average Bonchev–Trinajstić information content (AvgIpc) is 2.98. The van der Waals surface area contributed by atoms with Crippen LogP contribution in [0, 0.1) is 0 Å². The van der Waals surface area contributed by atoms with E-state index in [2.05, 4.69) is 25.1 Å². The lowest BCUT2D eigenvalue weighted by Gasteiger charge is -2.28. The lowest BCUT2D eigenvalue weighted by molar-refractivity contribution is 0.0317. The van der Waals surface area contributed by atoms with Gasteiger partial charge in [-0.25, -0.2) is 9.97 Å². The molecular formula is C28H41N7O3. The number of ether oxygens (including phenoxy) is 3. The molecule has 2 fully saturated rings. The fraction of sp³-hybridized carbons (Fsp3) is 0.500. The molecule has 0 saturated carbocycles. The van der Waals surface area contributed by atoms with E-state index in [0.29, 0.717) is 42.7 Å². The first-order valence-corrected chi connectivity index (χ1v) is 13.4. The van der Waals surface area contributed by atoms with E-state index in [4.69, 9.17) is 24.2 Å². The molecule has 2 aliphatic rings. The molecule has 0 aliphatic carbocycles. The zero-order valence-electron chi connectivity index (χ0n) is 23.1. The van der Waals surface area contributed by atoms with E-state index in [1.54, 1.807) is 6.20 Å². The molecule has 4 heterocycles. The van der Waals surface area contributed by atoms with Crippen molar-refractivity contribution in [2.75, 3.05) is 77.7 Å². The van der Waals surface area contributed by atoms with Crippen molar-refractivity contribution >= 4 is 22.4 Å². The van der Waals surface area contributed by atoms with Gasteiger partial charge in [-0.15, -0.1) is 0 Å². The fourth-order valence-electron chi connectivity index (χ4n) is 3.92. The molecule has 0 bridgehead atoms. The number of rotatable bonds is 10. The van der Waals surface area contributed by atoms with Crippen LogP contribution in [0.15, 0.2) is 48.9 Å². The van der Waals surface area contributed by atoms with E-state index in [0.717, 1.165) is 57.3 Å². The van der Waals surface area contributed by atoms with Crippen molar-refractivity contribution in [2.45, 2.75) is 20.8 Å². The monoisotopic (exact) mass is 523 g/mol. The van der Waals surface area contributed by atoms with E-state index in [9.17, 15) is 0 Å². The van der Waals surface area contributed by atoms with Gasteiger partial charge < -0.3 is 24.4 Å². The number of allylic oxidation sites excluding steroid dienone is 7. The molecule has 0 atom stereocenters. The summed E-state index contributed by atoms with van der Waals surface area (Å²) in [4.78, 5) is 23.4. The molecule has 10 heteroatoms. The average molecular weight is 524 g/mol. The van der Waals surface area contributed by atoms with Gasteiger partial charge in [-0.3, -0.25) is 4.90 Å². The normalized spacial score (nSPS) is 17.4. The zero-order chi connectivity index (χ0) is 27.0. The lowest BCUT2D eigenvalue weighted by atomic mass is 10.2. The minimum absolute atomic E-state index is 0.341. The molecule has 38 heavy (non-hydrogen) atoms. The summed E-state index contributed by atoms with van der Waals surface area (Å²) in [7, 11) is 1.85. The molecule has 0 radical (unpaired) electrons. The van der Waals surface area contributed by atoms with E-state index in [1.165, 1.54) is 0 Å². The summed E-state index contributed by atoms with van der Waals surface area (Å²) in [5, 5.41) is 3.08. The maximum atomic E-state index is 5.99. The highest BCUT2D eigenvalue weighted by Gasteiger charge is 2.20. The number of hydrogen-bond donors (Lipinski definition) is 1. The second-order valence-electron chi connectivity index (χ2n) is 8.32. The molecule has 0 spiro atoms. The van der Waals surface area contributed by atoms with Crippen molar-refractivity contribution in [3.05, 3.63) is 54.7 Å². The number of hydrogen-bond acceptors (Lipinski definition) is 10. The van der Waals surface area contributed by atoms with Crippen LogP contribution < -0.4 is 15.0 Å².